The maximum atomic E-state index is 11.9. The van der Waals surface area contributed by atoms with Crippen LogP contribution in [0, 0.1) is 11.3 Å². The lowest BCUT2D eigenvalue weighted by atomic mass is 10.0. The molecule has 0 amide bonds. The van der Waals surface area contributed by atoms with Gasteiger partial charge in [-0.05, 0) is 13.0 Å². The predicted molar refractivity (Wildman–Crippen MR) is 71.9 cm³/mol. The van der Waals surface area contributed by atoms with Crippen LogP contribution in [0.1, 0.15) is 23.0 Å². The number of hydrogen-bond acceptors (Lipinski definition) is 3. The van der Waals surface area contributed by atoms with Crippen LogP contribution in [0.5, 0.6) is 0 Å². The van der Waals surface area contributed by atoms with Crippen molar-refractivity contribution < 1.29 is 9.53 Å². The molecule has 0 saturated carbocycles. The monoisotopic (exact) mass is 274 g/mol. The van der Waals surface area contributed by atoms with Crippen LogP contribution in [0.15, 0.2) is 30.5 Å². The van der Waals surface area contributed by atoms with E-state index in [0.29, 0.717) is 21.7 Å². The molecule has 0 saturated heterocycles. The molecule has 1 N–H and O–H groups in total. The van der Waals surface area contributed by atoms with Gasteiger partial charge in [-0.1, -0.05) is 29.8 Å². The summed E-state index contributed by atoms with van der Waals surface area (Å²) in [6.45, 7) is 1.99. The van der Waals surface area contributed by atoms with Crippen molar-refractivity contribution in [3.8, 4) is 17.2 Å². The number of hydrogen-bond donors (Lipinski definition) is 1. The van der Waals surface area contributed by atoms with Crippen molar-refractivity contribution in [3.63, 3.8) is 0 Å². The average Bonchev–Trinajstić information content (AvgIpc) is 2.83. The molecule has 0 bridgehead atoms. The maximum absolute atomic E-state index is 11.9. The summed E-state index contributed by atoms with van der Waals surface area (Å²) in [7, 11) is 0. The molecule has 4 nitrogen and oxygen atoms in total. The summed E-state index contributed by atoms with van der Waals surface area (Å²) >= 11 is 6.12. The normalized spacial score (nSPS) is 9.95. The molecule has 0 atom stereocenters. The van der Waals surface area contributed by atoms with Crippen LogP contribution in [0.2, 0.25) is 5.02 Å². The Balaban J connectivity index is 2.62. The van der Waals surface area contributed by atoms with Crippen molar-refractivity contribution in [3.05, 3.63) is 46.7 Å². The molecule has 0 aliphatic heterocycles. The fraction of sp³-hybridized carbons (Fsp3) is 0.143. The second-order valence-electron chi connectivity index (χ2n) is 3.76. The summed E-state index contributed by atoms with van der Waals surface area (Å²) in [6, 6.07) is 9.09. The van der Waals surface area contributed by atoms with Gasteiger partial charge in [-0.3, -0.25) is 0 Å². The number of rotatable bonds is 3. The number of nitrogens with zero attached hydrogens (tertiary/aromatic N) is 1. The average molecular weight is 275 g/mol. The zero-order valence-corrected chi connectivity index (χ0v) is 11.0. The third-order valence-corrected chi connectivity index (χ3v) is 2.95. The van der Waals surface area contributed by atoms with Gasteiger partial charge in [-0.15, -0.1) is 0 Å². The summed E-state index contributed by atoms with van der Waals surface area (Å²) in [5, 5.41) is 9.61. The minimum atomic E-state index is -0.501. The molecular weight excluding hydrogens is 264 g/mol. The lowest BCUT2D eigenvalue weighted by Crippen LogP contribution is -2.06. The number of esters is 1. The van der Waals surface area contributed by atoms with Crippen LogP contribution in [-0.4, -0.2) is 17.6 Å². The topological polar surface area (TPSA) is 65.9 Å². The van der Waals surface area contributed by atoms with Crippen LogP contribution >= 0.6 is 11.6 Å². The highest BCUT2D eigenvalue weighted by Crippen LogP contribution is 2.33. The van der Waals surface area contributed by atoms with E-state index in [1.807, 2.05) is 6.07 Å². The molecule has 1 aromatic heterocycles. The molecule has 96 valence electrons. The summed E-state index contributed by atoms with van der Waals surface area (Å²) in [5.74, 6) is -0.501. The van der Waals surface area contributed by atoms with E-state index in [1.54, 1.807) is 31.2 Å². The van der Waals surface area contributed by atoms with Crippen LogP contribution in [0.4, 0.5) is 0 Å². The highest BCUT2D eigenvalue weighted by atomic mass is 35.5. The number of H-pyrrole nitrogens is 1. The number of aromatic nitrogens is 1. The first-order valence-electron chi connectivity index (χ1n) is 5.72. The predicted octanol–water partition coefficient (Wildman–Crippen LogP) is 3.38. The van der Waals surface area contributed by atoms with Crippen LogP contribution < -0.4 is 0 Å². The molecule has 0 aliphatic carbocycles. The van der Waals surface area contributed by atoms with Crippen molar-refractivity contribution >= 4 is 17.6 Å². The van der Waals surface area contributed by atoms with Crippen LogP contribution in [0.3, 0.4) is 0 Å². The standard InChI is InChI=1S/C14H11ClN2O2/c1-2-19-14(18)13-12(9(7-16)8-17-13)10-5-3-4-6-11(10)15/h3-6,8,17H,2H2,1H3. The van der Waals surface area contributed by atoms with E-state index in [4.69, 9.17) is 21.6 Å². The molecule has 0 fully saturated rings. The van der Waals surface area contributed by atoms with Gasteiger partial charge in [0.25, 0.3) is 0 Å². The zero-order valence-electron chi connectivity index (χ0n) is 10.2. The number of aromatic amines is 1. The zero-order chi connectivity index (χ0) is 13.8. The highest BCUT2D eigenvalue weighted by molar-refractivity contribution is 6.33. The van der Waals surface area contributed by atoms with Crippen molar-refractivity contribution in [1.29, 1.82) is 5.26 Å². The third-order valence-electron chi connectivity index (χ3n) is 2.62. The van der Waals surface area contributed by atoms with E-state index in [0.717, 1.165) is 0 Å². The molecular formula is C14H11ClN2O2. The fourth-order valence-corrected chi connectivity index (χ4v) is 2.05. The van der Waals surface area contributed by atoms with Crippen LogP contribution in [-0.2, 0) is 4.74 Å². The molecule has 2 rings (SSSR count). The van der Waals surface area contributed by atoms with Crippen LogP contribution in [0.25, 0.3) is 11.1 Å². The van der Waals surface area contributed by atoms with Gasteiger partial charge < -0.3 is 9.72 Å². The van der Waals surface area contributed by atoms with E-state index in [2.05, 4.69) is 4.98 Å². The van der Waals surface area contributed by atoms with Gasteiger partial charge in [0.2, 0.25) is 0 Å². The number of carbonyl (C=O) groups excluding carboxylic acids is 1. The van der Waals surface area contributed by atoms with Crippen molar-refractivity contribution in [2.75, 3.05) is 6.61 Å². The highest BCUT2D eigenvalue weighted by Gasteiger charge is 2.21. The molecule has 0 radical (unpaired) electrons. The Bertz CT molecular complexity index is 656. The summed E-state index contributed by atoms with van der Waals surface area (Å²) in [6.07, 6.45) is 1.48. The molecule has 0 spiro atoms. The number of ether oxygens (including phenoxy) is 1. The summed E-state index contributed by atoms with van der Waals surface area (Å²) < 4.78 is 4.97. The Kier molecular flexibility index (Phi) is 3.88. The molecule has 2 aromatic rings. The Labute approximate surface area is 115 Å². The van der Waals surface area contributed by atoms with Crippen molar-refractivity contribution in [2.24, 2.45) is 0 Å². The first-order chi connectivity index (χ1) is 9.19. The van der Waals surface area contributed by atoms with Gasteiger partial charge in [0.1, 0.15) is 11.8 Å². The lowest BCUT2D eigenvalue weighted by Gasteiger charge is -2.06. The summed E-state index contributed by atoms with van der Waals surface area (Å²) in [5.41, 5.74) is 1.71. The van der Waals surface area contributed by atoms with Gasteiger partial charge in [-0.25, -0.2) is 4.79 Å². The molecule has 0 unspecified atom stereocenters. The Morgan fingerprint density at radius 2 is 2.21 bits per heavy atom. The van der Waals surface area contributed by atoms with E-state index in [9.17, 15) is 4.79 Å². The number of benzene rings is 1. The Morgan fingerprint density at radius 3 is 2.84 bits per heavy atom. The van der Waals surface area contributed by atoms with Gasteiger partial charge >= 0.3 is 5.97 Å². The lowest BCUT2D eigenvalue weighted by molar-refractivity contribution is 0.0521. The number of halogens is 1. The van der Waals surface area contributed by atoms with E-state index in [-0.39, 0.29) is 12.3 Å². The van der Waals surface area contributed by atoms with Crippen molar-refractivity contribution in [2.45, 2.75) is 6.92 Å². The van der Waals surface area contributed by atoms with E-state index >= 15 is 0 Å². The molecule has 0 aliphatic rings. The number of carbonyl (C=O) groups is 1. The maximum Gasteiger partial charge on any atom is 0.355 e. The molecule has 19 heavy (non-hydrogen) atoms. The Morgan fingerprint density at radius 1 is 1.47 bits per heavy atom. The third kappa shape index (κ3) is 2.47. The van der Waals surface area contributed by atoms with E-state index < -0.39 is 5.97 Å². The van der Waals surface area contributed by atoms with E-state index in [1.165, 1.54) is 6.20 Å². The SMILES string of the molecule is CCOC(=O)c1[nH]cc(C#N)c1-c1ccccc1Cl. The van der Waals surface area contributed by atoms with Gasteiger partial charge in [0, 0.05) is 22.3 Å². The van der Waals surface area contributed by atoms with Crippen molar-refractivity contribution in [1.82, 2.24) is 4.98 Å². The minimum Gasteiger partial charge on any atom is -0.461 e. The minimum absolute atomic E-state index is 0.242. The number of nitriles is 1. The van der Waals surface area contributed by atoms with Gasteiger partial charge in [0.05, 0.1) is 12.2 Å². The second kappa shape index (κ2) is 5.59. The van der Waals surface area contributed by atoms with Gasteiger partial charge in [0.15, 0.2) is 0 Å². The van der Waals surface area contributed by atoms with Gasteiger partial charge in [-0.2, -0.15) is 5.26 Å². The summed E-state index contributed by atoms with van der Waals surface area (Å²) in [4.78, 5) is 14.7. The smallest absolute Gasteiger partial charge is 0.355 e. The Hall–Kier alpha value is -2.25. The number of nitrogens with one attached hydrogen (secondary N) is 1. The quantitative estimate of drug-likeness (QED) is 0.873. The first kappa shape index (κ1) is 13.2. The first-order valence-corrected chi connectivity index (χ1v) is 6.10. The second-order valence-corrected chi connectivity index (χ2v) is 4.17. The molecule has 1 heterocycles. The largest absolute Gasteiger partial charge is 0.461 e. The molecule has 5 heteroatoms. The fourth-order valence-electron chi connectivity index (χ4n) is 1.82. The molecule has 1 aromatic carbocycles.